The molecular formula is C15H14BrFN2O. The van der Waals surface area contributed by atoms with Crippen molar-refractivity contribution >= 4 is 21.8 Å². The predicted octanol–water partition coefficient (Wildman–Crippen LogP) is 3.82. The van der Waals surface area contributed by atoms with Crippen LogP contribution in [0.3, 0.4) is 0 Å². The summed E-state index contributed by atoms with van der Waals surface area (Å²) in [4.78, 5) is 17.8. The molecule has 1 aromatic heterocycles. The second kappa shape index (κ2) is 6.13. The number of carbonyl (C=O) groups is 1. The first-order chi connectivity index (χ1) is 9.52. The van der Waals surface area contributed by atoms with Gasteiger partial charge < -0.3 is 4.90 Å². The molecule has 5 heteroatoms. The summed E-state index contributed by atoms with van der Waals surface area (Å²) in [6.07, 6.45) is 3.34. The number of hydrogen-bond donors (Lipinski definition) is 0. The number of amides is 1. The molecule has 2 rings (SSSR count). The van der Waals surface area contributed by atoms with Crippen molar-refractivity contribution in [3.05, 3.63) is 64.1 Å². The van der Waals surface area contributed by atoms with Crippen LogP contribution in [0.15, 0.2) is 47.2 Å². The Hall–Kier alpha value is -1.75. The monoisotopic (exact) mass is 336 g/mol. The van der Waals surface area contributed by atoms with Gasteiger partial charge in [0.15, 0.2) is 0 Å². The van der Waals surface area contributed by atoms with E-state index in [1.165, 1.54) is 11.0 Å². The standard InChI is InChI=1S/C15H14BrFN2O/c1-10(11-6-8-18-9-7-11)19(2)15(20)12-4-3-5-13(16)14(12)17/h3-10H,1-2H3. The average Bonchev–Trinajstić information content (AvgIpc) is 2.48. The Morgan fingerprint density at radius 1 is 1.30 bits per heavy atom. The molecule has 0 radical (unpaired) electrons. The predicted molar refractivity (Wildman–Crippen MR) is 78.8 cm³/mol. The lowest BCUT2D eigenvalue weighted by molar-refractivity contribution is 0.0737. The fourth-order valence-electron chi connectivity index (χ4n) is 1.90. The average molecular weight is 337 g/mol. The van der Waals surface area contributed by atoms with E-state index >= 15 is 0 Å². The zero-order valence-electron chi connectivity index (χ0n) is 11.2. The molecule has 1 atom stereocenters. The molecular weight excluding hydrogens is 323 g/mol. The van der Waals surface area contributed by atoms with E-state index in [0.717, 1.165) is 5.56 Å². The van der Waals surface area contributed by atoms with Crippen molar-refractivity contribution in [3.63, 3.8) is 0 Å². The number of hydrogen-bond acceptors (Lipinski definition) is 2. The van der Waals surface area contributed by atoms with Gasteiger partial charge in [0.1, 0.15) is 5.82 Å². The maximum absolute atomic E-state index is 14.0. The van der Waals surface area contributed by atoms with E-state index in [4.69, 9.17) is 0 Å². The smallest absolute Gasteiger partial charge is 0.257 e. The Balaban J connectivity index is 2.27. The fourth-order valence-corrected chi connectivity index (χ4v) is 2.27. The van der Waals surface area contributed by atoms with E-state index in [9.17, 15) is 9.18 Å². The third-order valence-electron chi connectivity index (χ3n) is 3.27. The van der Waals surface area contributed by atoms with E-state index in [0.29, 0.717) is 0 Å². The summed E-state index contributed by atoms with van der Waals surface area (Å²) in [5.41, 5.74) is 1.01. The number of nitrogens with zero attached hydrogens (tertiary/aromatic N) is 2. The number of halogens is 2. The lowest BCUT2D eigenvalue weighted by atomic mass is 10.1. The molecule has 0 bridgehead atoms. The highest BCUT2D eigenvalue weighted by Gasteiger charge is 2.22. The van der Waals surface area contributed by atoms with Gasteiger partial charge in [-0.2, -0.15) is 0 Å². The van der Waals surface area contributed by atoms with Crippen LogP contribution in [-0.4, -0.2) is 22.8 Å². The van der Waals surface area contributed by atoms with Crippen molar-refractivity contribution < 1.29 is 9.18 Å². The highest BCUT2D eigenvalue weighted by molar-refractivity contribution is 9.10. The van der Waals surface area contributed by atoms with Gasteiger partial charge >= 0.3 is 0 Å². The summed E-state index contributed by atoms with van der Waals surface area (Å²) < 4.78 is 14.3. The van der Waals surface area contributed by atoms with Crippen LogP contribution in [0.5, 0.6) is 0 Å². The van der Waals surface area contributed by atoms with Crippen molar-refractivity contribution in [2.24, 2.45) is 0 Å². The van der Waals surface area contributed by atoms with Crippen molar-refractivity contribution in [2.45, 2.75) is 13.0 Å². The van der Waals surface area contributed by atoms with Crippen LogP contribution >= 0.6 is 15.9 Å². The third kappa shape index (κ3) is 2.88. The summed E-state index contributed by atoms with van der Waals surface area (Å²) in [5, 5.41) is 0. The Morgan fingerprint density at radius 2 is 1.95 bits per heavy atom. The first-order valence-corrected chi connectivity index (χ1v) is 6.92. The van der Waals surface area contributed by atoms with Gasteiger partial charge in [-0.05, 0) is 52.7 Å². The number of pyridine rings is 1. The van der Waals surface area contributed by atoms with Crippen molar-refractivity contribution in [3.8, 4) is 0 Å². The van der Waals surface area contributed by atoms with Crippen molar-refractivity contribution in [1.29, 1.82) is 0 Å². The van der Waals surface area contributed by atoms with Crippen LogP contribution in [0, 0.1) is 5.82 Å². The molecule has 1 heterocycles. The molecule has 1 aromatic carbocycles. The van der Waals surface area contributed by atoms with E-state index < -0.39 is 5.82 Å². The molecule has 0 saturated heterocycles. The number of rotatable bonds is 3. The maximum Gasteiger partial charge on any atom is 0.257 e. The largest absolute Gasteiger partial charge is 0.335 e. The lowest BCUT2D eigenvalue weighted by Crippen LogP contribution is -2.30. The molecule has 1 unspecified atom stereocenters. The van der Waals surface area contributed by atoms with Gasteiger partial charge in [-0.25, -0.2) is 4.39 Å². The topological polar surface area (TPSA) is 33.2 Å². The Morgan fingerprint density at radius 3 is 2.60 bits per heavy atom. The van der Waals surface area contributed by atoms with Gasteiger partial charge in [-0.3, -0.25) is 9.78 Å². The Bertz CT molecular complexity index is 619. The van der Waals surface area contributed by atoms with Crippen LogP contribution < -0.4 is 0 Å². The van der Waals surface area contributed by atoms with Gasteiger partial charge in [-0.15, -0.1) is 0 Å². The molecule has 0 aliphatic heterocycles. The Labute approximate surface area is 125 Å². The van der Waals surface area contributed by atoms with E-state index in [1.54, 1.807) is 31.6 Å². The first kappa shape index (κ1) is 14.7. The molecule has 2 aromatic rings. The summed E-state index contributed by atoms with van der Waals surface area (Å²) >= 11 is 3.09. The highest BCUT2D eigenvalue weighted by Crippen LogP contribution is 2.24. The lowest BCUT2D eigenvalue weighted by Gasteiger charge is -2.25. The zero-order chi connectivity index (χ0) is 14.7. The van der Waals surface area contributed by atoms with Crippen LogP contribution in [0.4, 0.5) is 4.39 Å². The zero-order valence-corrected chi connectivity index (χ0v) is 12.8. The molecule has 0 saturated carbocycles. The van der Waals surface area contributed by atoms with Gasteiger partial charge in [0.2, 0.25) is 0 Å². The number of aromatic nitrogens is 1. The van der Waals surface area contributed by atoms with E-state index in [2.05, 4.69) is 20.9 Å². The van der Waals surface area contributed by atoms with Gasteiger partial charge in [-0.1, -0.05) is 6.07 Å². The van der Waals surface area contributed by atoms with Crippen LogP contribution in [0.2, 0.25) is 0 Å². The summed E-state index contributed by atoms with van der Waals surface area (Å²) in [6, 6.07) is 8.21. The second-order valence-corrected chi connectivity index (χ2v) is 5.33. The molecule has 0 aliphatic rings. The third-order valence-corrected chi connectivity index (χ3v) is 3.88. The van der Waals surface area contributed by atoms with Gasteiger partial charge in [0.25, 0.3) is 5.91 Å². The van der Waals surface area contributed by atoms with Crippen molar-refractivity contribution in [2.75, 3.05) is 7.05 Å². The summed E-state index contributed by atoms with van der Waals surface area (Å²) in [7, 11) is 1.66. The SMILES string of the molecule is CC(c1ccncc1)N(C)C(=O)c1cccc(Br)c1F. The molecule has 3 nitrogen and oxygen atoms in total. The minimum atomic E-state index is -0.536. The molecule has 0 N–H and O–H groups in total. The van der Waals surface area contributed by atoms with E-state index in [1.807, 2.05) is 19.1 Å². The minimum Gasteiger partial charge on any atom is -0.335 e. The molecule has 0 fully saturated rings. The molecule has 104 valence electrons. The second-order valence-electron chi connectivity index (χ2n) is 4.47. The fraction of sp³-hybridized carbons (Fsp3) is 0.200. The van der Waals surface area contributed by atoms with Crippen LogP contribution in [0.25, 0.3) is 0 Å². The van der Waals surface area contributed by atoms with Gasteiger partial charge in [0, 0.05) is 19.4 Å². The van der Waals surface area contributed by atoms with Crippen LogP contribution in [-0.2, 0) is 0 Å². The maximum atomic E-state index is 14.0. The van der Waals surface area contributed by atoms with Crippen LogP contribution in [0.1, 0.15) is 28.9 Å². The van der Waals surface area contributed by atoms with Crippen molar-refractivity contribution in [1.82, 2.24) is 9.88 Å². The number of benzene rings is 1. The van der Waals surface area contributed by atoms with E-state index in [-0.39, 0.29) is 22.0 Å². The summed E-state index contributed by atoms with van der Waals surface area (Å²) in [6.45, 7) is 1.89. The number of carbonyl (C=O) groups excluding carboxylic acids is 1. The highest BCUT2D eigenvalue weighted by atomic mass is 79.9. The normalized spacial score (nSPS) is 12.0. The molecule has 20 heavy (non-hydrogen) atoms. The van der Waals surface area contributed by atoms with Gasteiger partial charge in [0.05, 0.1) is 16.1 Å². The Kier molecular flexibility index (Phi) is 4.49. The summed E-state index contributed by atoms with van der Waals surface area (Å²) in [5.74, 6) is -0.889. The quantitative estimate of drug-likeness (QED) is 0.853. The minimum absolute atomic E-state index is 0.0581. The first-order valence-electron chi connectivity index (χ1n) is 6.13. The molecule has 1 amide bonds. The molecule has 0 aliphatic carbocycles. The molecule has 0 spiro atoms.